The van der Waals surface area contributed by atoms with E-state index in [-0.39, 0.29) is 6.04 Å². The Balaban J connectivity index is 2.57. The summed E-state index contributed by atoms with van der Waals surface area (Å²) in [4.78, 5) is 0. The number of rotatable bonds is 5. The van der Waals surface area contributed by atoms with Crippen LogP contribution in [0, 0.1) is 5.92 Å². The molecule has 0 aliphatic carbocycles. The van der Waals surface area contributed by atoms with E-state index in [9.17, 15) is 0 Å². The third-order valence-electron chi connectivity index (χ3n) is 1.96. The van der Waals surface area contributed by atoms with E-state index in [2.05, 4.69) is 37.6 Å². The van der Waals surface area contributed by atoms with Crippen LogP contribution in [0.5, 0.6) is 0 Å². The third kappa shape index (κ3) is 3.64. The lowest BCUT2D eigenvalue weighted by atomic mass is 10.1. The Hall–Kier alpha value is 0.01000. The molecule has 0 fully saturated rings. The van der Waals surface area contributed by atoms with Crippen LogP contribution >= 0.6 is 23.1 Å². The highest BCUT2D eigenvalue weighted by Gasteiger charge is 2.17. The average molecular weight is 229 g/mol. The summed E-state index contributed by atoms with van der Waals surface area (Å²) < 4.78 is 0. The molecule has 2 atom stereocenters. The van der Waals surface area contributed by atoms with E-state index in [0.29, 0.717) is 5.25 Å². The molecule has 0 radical (unpaired) electrons. The maximum absolute atomic E-state index is 6.00. The predicted octanol–water partition coefficient (Wildman–Crippen LogP) is 3.53. The Bertz CT molecular complexity index is 242. The molecule has 1 heterocycles. The van der Waals surface area contributed by atoms with Crippen LogP contribution in [0.15, 0.2) is 16.8 Å². The van der Waals surface area contributed by atoms with E-state index in [1.54, 1.807) is 11.3 Å². The minimum absolute atomic E-state index is 0.230. The van der Waals surface area contributed by atoms with Crippen molar-refractivity contribution in [2.75, 3.05) is 5.75 Å². The van der Waals surface area contributed by atoms with Crippen LogP contribution in [0.1, 0.15) is 31.6 Å². The van der Waals surface area contributed by atoms with Gasteiger partial charge in [-0.25, -0.2) is 0 Å². The molecule has 0 bridgehead atoms. The van der Waals surface area contributed by atoms with Crippen molar-refractivity contribution in [3.05, 3.63) is 22.4 Å². The molecule has 0 aliphatic rings. The first-order chi connectivity index (χ1) is 6.61. The van der Waals surface area contributed by atoms with Gasteiger partial charge in [-0.05, 0) is 41.0 Å². The molecule has 0 saturated heterocycles. The van der Waals surface area contributed by atoms with Crippen LogP contribution in [0.25, 0.3) is 0 Å². The van der Waals surface area contributed by atoms with Gasteiger partial charge in [-0.1, -0.05) is 13.8 Å². The Kier molecular flexibility index (Phi) is 4.99. The van der Waals surface area contributed by atoms with Crippen molar-refractivity contribution < 1.29 is 0 Å². The molecule has 1 aromatic rings. The largest absolute Gasteiger partial charge is 0.327 e. The quantitative estimate of drug-likeness (QED) is 0.836. The van der Waals surface area contributed by atoms with E-state index < -0.39 is 0 Å². The molecular weight excluding hydrogens is 210 g/mol. The lowest BCUT2D eigenvalue weighted by Crippen LogP contribution is -2.22. The zero-order valence-electron chi connectivity index (χ0n) is 9.07. The second-order valence-electron chi connectivity index (χ2n) is 4.06. The van der Waals surface area contributed by atoms with Gasteiger partial charge in [0, 0.05) is 11.3 Å². The Morgan fingerprint density at radius 3 is 2.57 bits per heavy atom. The van der Waals surface area contributed by atoms with Crippen molar-refractivity contribution in [1.29, 1.82) is 0 Å². The van der Waals surface area contributed by atoms with E-state index in [0.717, 1.165) is 5.92 Å². The average Bonchev–Trinajstić information content (AvgIpc) is 2.56. The van der Waals surface area contributed by atoms with Gasteiger partial charge in [0.15, 0.2) is 0 Å². The van der Waals surface area contributed by atoms with Crippen LogP contribution in [0.3, 0.4) is 0 Å². The first-order valence-electron chi connectivity index (χ1n) is 5.00. The SMILES string of the molecule is CC(C)CSC(c1ccsc1)C(C)N. The van der Waals surface area contributed by atoms with Gasteiger partial charge in [0.1, 0.15) is 0 Å². The molecule has 0 aromatic carbocycles. The zero-order chi connectivity index (χ0) is 10.6. The van der Waals surface area contributed by atoms with Gasteiger partial charge in [-0.3, -0.25) is 0 Å². The first-order valence-corrected chi connectivity index (χ1v) is 6.99. The van der Waals surface area contributed by atoms with Gasteiger partial charge in [0.2, 0.25) is 0 Å². The highest BCUT2D eigenvalue weighted by molar-refractivity contribution is 7.99. The van der Waals surface area contributed by atoms with Crippen LogP contribution in [0.4, 0.5) is 0 Å². The van der Waals surface area contributed by atoms with Gasteiger partial charge in [-0.15, -0.1) is 0 Å². The summed E-state index contributed by atoms with van der Waals surface area (Å²) in [5.74, 6) is 1.92. The summed E-state index contributed by atoms with van der Waals surface area (Å²) in [5, 5.41) is 4.80. The fraction of sp³-hybridized carbons (Fsp3) is 0.636. The lowest BCUT2D eigenvalue weighted by Gasteiger charge is -2.20. The fourth-order valence-electron chi connectivity index (χ4n) is 1.28. The molecule has 0 saturated carbocycles. The van der Waals surface area contributed by atoms with Crippen molar-refractivity contribution in [1.82, 2.24) is 0 Å². The fourth-order valence-corrected chi connectivity index (χ4v) is 3.30. The Morgan fingerprint density at radius 2 is 2.14 bits per heavy atom. The van der Waals surface area contributed by atoms with Crippen molar-refractivity contribution in [2.45, 2.75) is 32.1 Å². The maximum atomic E-state index is 6.00. The van der Waals surface area contributed by atoms with E-state index >= 15 is 0 Å². The second-order valence-corrected chi connectivity index (χ2v) is 6.02. The summed E-state index contributed by atoms with van der Waals surface area (Å²) >= 11 is 3.73. The Morgan fingerprint density at radius 1 is 1.43 bits per heavy atom. The molecule has 1 aromatic heterocycles. The van der Waals surface area contributed by atoms with Gasteiger partial charge < -0.3 is 5.73 Å². The minimum Gasteiger partial charge on any atom is -0.327 e. The third-order valence-corrected chi connectivity index (χ3v) is 4.58. The number of hydrogen-bond donors (Lipinski definition) is 1. The standard InChI is InChI=1S/C11H19NS2/c1-8(2)6-14-11(9(3)12)10-4-5-13-7-10/h4-5,7-9,11H,6,12H2,1-3H3. The number of nitrogens with two attached hydrogens (primary N) is 1. The second kappa shape index (κ2) is 5.79. The number of hydrogen-bond acceptors (Lipinski definition) is 3. The molecule has 0 spiro atoms. The molecule has 0 aliphatic heterocycles. The topological polar surface area (TPSA) is 26.0 Å². The number of thiophene rings is 1. The summed E-state index contributed by atoms with van der Waals surface area (Å²) in [6.07, 6.45) is 0. The number of thioether (sulfide) groups is 1. The molecular formula is C11H19NS2. The van der Waals surface area contributed by atoms with Crippen molar-refractivity contribution in [3.63, 3.8) is 0 Å². The zero-order valence-corrected chi connectivity index (χ0v) is 10.7. The van der Waals surface area contributed by atoms with Crippen LogP contribution in [0.2, 0.25) is 0 Å². The molecule has 3 heteroatoms. The minimum atomic E-state index is 0.230. The molecule has 1 rings (SSSR count). The van der Waals surface area contributed by atoms with E-state index in [4.69, 9.17) is 5.73 Å². The summed E-state index contributed by atoms with van der Waals surface area (Å²) in [5.41, 5.74) is 7.38. The molecule has 2 unspecified atom stereocenters. The molecule has 0 amide bonds. The van der Waals surface area contributed by atoms with Crippen molar-refractivity contribution in [3.8, 4) is 0 Å². The Labute approximate surface area is 95.1 Å². The lowest BCUT2D eigenvalue weighted by molar-refractivity contribution is 0.708. The highest BCUT2D eigenvalue weighted by atomic mass is 32.2. The van der Waals surface area contributed by atoms with E-state index in [1.165, 1.54) is 11.3 Å². The van der Waals surface area contributed by atoms with Crippen LogP contribution < -0.4 is 5.73 Å². The normalized spacial score (nSPS) is 15.8. The highest BCUT2D eigenvalue weighted by Crippen LogP contribution is 2.33. The monoisotopic (exact) mass is 229 g/mol. The summed E-state index contributed by atoms with van der Waals surface area (Å²) in [6.45, 7) is 6.59. The van der Waals surface area contributed by atoms with Gasteiger partial charge >= 0.3 is 0 Å². The molecule has 1 nitrogen and oxygen atoms in total. The van der Waals surface area contributed by atoms with Crippen molar-refractivity contribution in [2.24, 2.45) is 11.7 Å². The van der Waals surface area contributed by atoms with Crippen LogP contribution in [-0.4, -0.2) is 11.8 Å². The van der Waals surface area contributed by atoms with Gasteiger partial charge in [0.05, 0.1) is 0 Å². The summed E-state index contributed by atoms with van der Waals surface area (Å²) in [6, 6.07) is 2.42. The molecule has 80 valence electrons. The van der Waals surface area contributed by atoms with Gasteiger partial charge in [0.25, 0.3) is 0 Å². The van der Waals surface area contributed by atoms with Crippen molar-refractivity contribution >= 4 is 23.1 Å². The van der Waals surface area contributed by atoms with Gasteiger partial charge in [-0.2, -0.15) is 23.1 Å². The molecule has 2 N–H and O–H groups in total. The van der Waals surface area contributed by atoms with Crippen LogP contribution in [-0.2, 0) is 0 Å². The van der Waals surface area contributed by atoms with E-state index in [1.807, 2.05) is 11.8 Å². The maximum Gasteiger partial charge on any atom is 0.0453 e. The molecule has 14 heavy (non-hydrogen) atoms. The predicted molar refractivity (Wildman–Crippen MR) is 68.0 cm³/mol. The first kappa shape index (κ1) is 12.1. The smallest absolute Gasteiger partial charge is 0.0453 e. The summed E-state index contributed by atoms with van der Waals surface area (Å²) in [7, 11) is 0.